The van der Waals surface area contributed by atoms with Gasteiger partial charge in [0, 0.05) is 28.9 Å². The number of aryl methyl sites for hydroxylation is 1. The lowest BCUT2D eigenvalue weighted by Crippen LogP contribution is -2.32. The van der Waals surface area contributed by atoms with Gasteiger partial charge in [0.15, 0.2) is 0 Å². The number of hydrogen-bond donors (Lipinski definition) is 2. The van der Waals surface area contributed by atoms with Crippen LogP contribution in [-0.4, -0.2) is 26.5 Å². The van der Waals surface area contributed by atoms with Crippen LogP contribution in [0, 0.1) is 11.3 Å². The molecule has 0 radical (unpaired) electrons. The number of aromatic carboxylic acids is 1. The summed E-state index contributed by atoms with van der Waals surface area (Å²) in [6.07, 6.45) is 4.23. The molecule has 0 aliphatic heterocycles. The number of nitrogens with one attached hydrogen (secondary N) is 1. The van der Waals surface area contributed by atoms with Crippen molar-refractivity contribution in [1.82, 2.24) is 14.9 Å². The smallest absolute Gasteiger partial charge is 0.335 e. The number of nitriles is 1. The van der Waals surface area contributed by atoms with Crippen molar-refractivity contribution >= 4 is 35.1 Å². The van der Waals surface area contributed by atoms with Crippen molar-refractivity contribution in [3.05, 3.63) is 135 Å². The van der Waals surface area contributed by atoms with Gasteiger partial charge in [0.25, 0.3) is 5.91 Å². The second-order valence-corrected chi connectivity index (χ2v) is 11.5. The molecule has 4 aromatic carbocycles. The Morgan fingerprint density at radius 3 is 2.35 bits per heavy atom. The molecule has 5 aromatic rings. The van der Waals surface area contributed by atoms with Gasteiger partial charge in [-0.05, 0) is 91.2 Å². The number of benzene rings is 4. The number of carboxylic acids is 1. The molecular weight excluding hydrogens is 623 g/mol. The molecule has 46 heavy (non-hydrogen) atoms. The van der Waals surface area contributed by atoms with Crippen LogP contribution in [0.3, 0.4) is 0 Å². The molecule has 1 aromatic heterocycles. The average molecular weight is 654 g/mol. The molecule has 8 nitrogen and oxygen atoms in total. The highest BCUT2D eigenvalue weighted by Gasteiger charge is 2.24. The summed E-state index contributed by atoms with van der Waals surface area (Å²) in [5, 5.41) is 22.7. The molecule has 1 heterocycles. The van der Waals surface area contributed by atoms with Gasteiger partial charge in [-0.15, -0.1) is 0 Å². The Hall–Kier alpha value is -5.10. The van der Waals surface area contributed by atoms with E-state index in [1.807, 2.05) is 36.5 Å². The van der Waals surface area contributed by atoms with Gasteiger partial charge in [-0.25, -0.2) is 9.78 Å². The second kappa shape index (κ2) is 14.8. The topological polar surface area (TPSA) is 117 Å². The normalized spacial score (nSPS) is 11.4. The van der Waals surface area contributed by atoms with Gasteiger partial charge in [-0.2, -0.15) is 5.26 Å². The van der Waals surface area contributed by atoms with Gasteiger partial charge < -0.3 is 19.7 Å². The van der Waals surface area contributed by atoms with E-state index in [4.69, 9.17) is 38.0 Å². The highest BCUT2D eigenvalue weighted by molar-refractivity contribution is 6.36. The molecule has 0 fully saturated rings. The van der Waals surface area contributed by atoms with E-state index in [2.05, 4.69) is 22.9 Å². The van der Waals surface area contributed by atoms with Crippen LogP contribution in [0.1, 0.15) is 63.5 Å². The van der Waals surface area contributed by atoms with Crippen molar-refractivity contribution in [3.8, 4) is 28.8 Å². The number of amides is 1. The Morgan fingerprint density at radius 1 is 0.978 bits per heavy atom. The largest absolute Gasteiger partial charge is 0.478 e. The summed E-state index contributed by atoms with van der Waals surface area (Å²) in [5.41, 5.74) is 3.24. The summed E-state index contributed by atoms with van der Waals surface area (Å²) < 4.78 is 7.96. The number of carbonyl (C=O) groups is 2. The second-order valence-electron chi connectivity index (χ2n) is 10.7. The predicted molar refractivity (Wildman–Crippen MR) is 178 cm³/mol. The lowest BCUT2D eigenvalue weighted by molar-refractivity contribution is 0.0696. The fourth-order valence-corrected chi connectivity index (χ4v) is 5.46. The molecule has 0 saturated carbocycles. The maximum absolute atomic E-state index is 13.6. The van der Waals surface area contributed by atoms with Gasteiger partial charge in [0.2, 0.25) is 0 Å². The summed E-state index contributed by atoms with van der Waals surface area (Å²) in [4.78, 5) is 29.7. The fourth-order valence-electron chi connectivity index (χ4n) is 4.95. The number of carboxylic acid groups (broad SMARTS) is 1. The summed E-state index contributed by atoms with van der Waals surface area (Å²) >= 11 is 12.7. The summed E-state index contributed by atoms with van der Waals surface area (Å²) in [6, 6.07) is 27.0. The Kier molecular flexibility index (Phi) is 10.4. The molecule has 1 amide bonds. The van der Waals surface area contributed by atoms with Crippen LogP contribution in [0.15, 0.2) is 97.2 Å². The molecule has 232 valence electrons. The molecule has 0 aliphatic carbocycles. The zero-order valence-electron chi connectivity index (χ0n) is 24.9. The lowest BCUT2D eigenvalue weighted by atomic mass is 10.0. The number of aromatic nitrogens is 2. The predicted octanol–water partition coefficient (Wildman–Crippen LogP) is 8.73. The maximum atomic E-state index is 13.6. The van der Waals surface area contributed by atoms with Crippen molar-refractivity contribution in [2.24, 2.45) is 0 Å². The average Bonchev–Trinajstić information content (AvgIpc) is 3.48. The molecular formula is C36H30Cl2N4O4. The van der Waals surface area contributed by atoms with E-state index in [0.717, 1.165) is 24.0 Å². The van der Waals surface area contributed by atoms with E-state index in [0.29, 0.717) is 57.2 Å². The van der Waals surface area contributed by atoms with Crippen molar-refractivity contribution in [3.63, 3.8) is 0 Å². The number of hydrogen-bond acceptors (Lipinski definition) is 5. The van der Waals surface area contributed by atoms with E-state index in [-0.39, 0.29) is 11.5 Å². The Morgan fingerprint density at radius 2 is 1.70 bits per heavy atom. The number of ether oxygens (including phenoxy) is 1. The van der Waals surface area contributed by atoms with E-state index >= 15 is 0 Å². The van der Waals surface area contributed by atoms with Crippen LogP contribution >= 0.6 is 23.2 Å². The summed E-state index contributed by atoms with van der Waals surface area (Å²) in [7, 11) is 0. The van der Waals surface area contributed by atoms with Crippen molar-refractivity contribution in [2.45, 2.75) is 38.8 Å². The molecule has 1 atom stereocenters. The van der Waals surface area contributed by atoms with Crippen molar-refractivity contribution in [2.75, 3.05) is 0 Å². The number of unbranched alkanes of at least 4 members (excludes halogenated alkanes) is 1. The first kappa shape index (κ1) is 32.3. The molecule has 0 bridgehead atoms. The number of imidazole rings is 1. The molecule has 0 spiro atoms. The first-order valence-corrected chi connectivity index (χ1v) is 15.4. The van der Waals surface area contributed by atoms with E-state index in [1.54, 1.807) is 48.5 Å². The monoisotopic (exact) mass is 652 g/mol. The van der Waals surface area contributed by atoms with Gasteiger partial charge in [-0.3, -0.25) is 4.79 Å². The number of carbonyl (C=O) groups excluding carboxylic acids is 1. The molecule has 5 rings (SSSR count). The number of rotatable bonds is 12. The first-order valence-electron chi connectivity index (χ1n) is 14.7. The van der Waals surface area contributed by atoms with Gasteiger partial charge in [0.05, 0.1) is 34.0 Å². The standard InChI is InChI=1S/C36H30Cl2N4O4/c1-2-3-17-42-22-33(30-16-11-27(37)20-31(30)38)40-34(42)32(41-35(43)26-6-4-5-24(18-26)21-39)19-23-7-12-28(13-8-23)46-29-14-9-25(10-15-29)36(44)45/h4-16,18,20,22,32H,2-3,17,19H2,1H3,(H,41,43)(H,44,45)/t32-/m0/s1. The van der Waals surface area contributed by atoms with E-state index in [9.17, 15) is 14.9 Å². The SMILES string of the molecule is CCCCn1cc(-c2ccc(Cl)cc2Cl)nc1[C@H](Cc1ccc(Oc2ccc(C(=O)O)cc2)cc1)NC(=O)c1cccc(C#N)c1. The molecule has 10 heteroatoms. The van der Waals surface area contributed by atoms with Crippen LogP contribution in [-0.2, 0) is 13.0 Å². The summed E-state index contributed by atoms with van der Waals surface area (Å²) in [6.45, 7) is 2.80. The van der Waals surface area contributed by atoms with E-state index in [1.165, 1.54) is 12.1 Å². The van der Waals surface area contributed by atoms with Gasteiger partial charge in [-0.1, -0.05) is 54.7 Å². The minimum atomic E-state index is -1.01. The molecule has 0 aliphatic rings. The zero-order chi connectivity index (χ0) is 32.6. The Labute approximate surface area is 276 Å². The van der Waals surface area contributed by atoms with E-state index < -0.39 is 12.0 Å². The Balaban J connectivity index is 1.47. The van der Waals surface area contributed by atoms with Crippen LogP contribution < -0.4 is 10.1 Å². The lowest BCUT2D eigenvalue weighted by Gasteiger charge is -2.20. The highest BCUT2D eigenvalue weighted by atomic mass is 35.5. The van der Waals surface area contributed by atoms with Crippen molar-refractivity contribution < 1.29 is 19.4 Å². The number of nitrogens with zero attached hydrogens (tertiary/aromatic N) is 3. The molecule has 0 unspecified atom stereocenters. The minimum absolute atomic E-state index is 0.175. The van der Waals surface area contributed by atoms with Crippen LogP contribution in [0.4, 0.5) is 0 Å². The fraction of sp³-hybridized carbons (Fsp3) is 0.167. The van der Waals surface area contributed by atoms with Crippen LogP contribution in [0.2, 0.25) is 10.0 Å². The van der Waals surface area contributed by atoms with Gasteiger partial charge in [0.1, 0.15) is 17.3 Å². The third-order valence-corrected chi connectivity index (χ3v) is 7.89. The third-order valence-electron chi connectivity index (χ3n) is 7.34. The zero-order valence-corrected chi connectivity index (χ0v) is 26.4. The first-order chi connectivity index (χ1) is 22.2. The Bertz CT molecular complexity index is 1900. The van der Waals surface area contributed by atoms with Crippen molar-refractivity contribution in [1.29, 1.82) is 5.26 Å². The maximum Gasteiger partial charge on any atom is 0.335 e. The molecule has 0 saturated heterocycles. The number of halogens is 2. The minimum Gasteiger partial charge on any atom is -0.478 e. The highest BCUT2D eigenvalue weighted by Crippen LogP contribution is 2.32. The molecule has 2 N–H and O–H groups in total. The third kappa shape index (κ3) is 7.94. The van der Waals surface area contributed by atoms with Gasteiger partial charge >= 0.3 is 5.97 Å². The quantitative estimate of drug-likeness (QED) is 0.139. The van der Waals surface area contributed by atoms with Crippen LogP contribution in [0.5, 0.6) is 11.5 Å². The summed E-state index contributed by atoms with van der Waals surface area (Å²) in [5.74, 6) is 0.411. The van der Waals surface area contributed by atoms with Crippen LogP contribution in [0.25, 0.3) is 11.3 Å².